The molecular weight excluding hydrogens is 508 g/mol. The molecule has 0 unspecified atom stereocenters. The zero-order chi connectivity index (χ0) is 25.8. The lowest BCUT2D eigenvalue weighted by molar-refractivity contribution is -0.170. The number of aromatic nitrogens is 3. The Bertz CT molecular complexity index is 1290. The van der Waals surface area contributed by atoms with Gasteiger partial charge < -0.3 is 14.7 Å². The Balaban J connectivity index is 1.16. The Morgan fingerprint density at radius 2 is 1.86 bits per heavy atom. The molecule has 1 aliphatic carbocycles. The molecule has 4 aromatic rings. The fraction of sp³-hybridized carbons (Fsp3) is 0.407. The average Bonchev–Trinajstić information content (AvgIpc) is 3.70. The van der Waals surface area contributed by atoms with Crippen molar-refractivity contribution in [3.63, 3.8) is 0 Å². The number of thiophene rings is 2. The maximum Gasteiger partial charge on any atom is 0.347 e. The molecule has 1 aliphatic rings. The van der Waals surface area contributed by atoms with Gasteiger partial charge >= 0.3 is 5.97 Å². The van der Waals surface area contributed by atoms with Gasteiger partial charge in [-0.15, -0.1) is 27.8 Å². The maximum atomic E-state index is 12.6. The van der Waals surface area contributed by atoms with Gasteiger partial charge in [0, 0.05) is 18.2 Å². The summed E-state index contributed by atoms with van der Waals surface area (Å²) < 4.78 is 8.40. The second-order valence-electron chi connectivity index (χ2n) is 9.50. The number of ether oxygens (including phenoxy) is 1. The Morgan fingerprint density at radius 3 is 2.46 bits per heavy atom. The number of carbonyl (C=O) groups is 2. The third-order valence-corrected chi connectivity index (χ3v) is 9.14. The molecule has 5 rings (SSSR count). The molecule has 1 aromatic carbocycles. The van der Waals surface area contributed by atoms with Crippen LogP contribution in [0.15, 0.2) is 53.2 Å². The number of hydrogen-bond donors (Lipinski definition) is 1. The quantitative estimate of drug-likeness (QED) is 0.267. The molecule has 1 saturated carbocycles. The zero-order valence-electron chi connectivity index (χ0n) is 20.7. The van der Waals surface area contributed by atoms with Crippen LogP contribution in [0.4, 0.5) is 0 Å². The number of fused-ring (bicyclic) bond motifs is 1. The number of aryl methyl sites for hydroxylation is 1. The van der Waals surface area contributed by atoms with Crippen molar-refractivity contribution in [2.75, 3.05) is 13.6 Å². The average molecular weight is 539 g/mol. The second-order valence-corrected chi connectivity index (χ2v) is 11.4. The number of aliphatic carboxylic acids is 1. The van der Waals surface area contributed by atoms with Crippen LogP contribution < -0.4 is 0 Å². The molecule has 37 heavy (non-hydrogen) atoms. The molecule has 0 spiro atoms. The highest BCUT2D eigenvalue weighted by Crippen LogP contribution is 2.42. The lowest BCUT2D eigenvalue weighted by Gasteiger charge is -2.38. The standard InChI is InChI=1S/C27H30N4O4S2/c1-30(13-4-14-31-23-12-7-19(18-32)17-22(23)28-29-31)20-8-10-21(11-9-20)35-27(26(33)34,24-5-2-15-36-24)25-6-3-16-37-25/h2-3,5-7,12,15-18,20-21H,4,8-11,13-14H2,1H3,(H,33,34). The van der Waals surface area contributed by atoms with E-state index in [1.807, 2.05) is 45.8 Å². The van der Waals surface area contributed by atoms with E-state index in [1.165, 1.54) is 22.7 Å². The minimum absolute atomic E-state index is 0.109. The highest BCUT2D eigenvalue weighted by molar-refractivity contribution is 7.12. The van der Waals surface area contributed by atoms with Crippen LogP contribution in [0.1, 0.15) is 52.2 Å². The van der Waals surface area contributed by atoms with Crippen molar-refractivity contribution in [2.45, 2.75) is 56.4 Å². The Kier molecular flexibility index (Phi) is 7.80. The van der Waals surface area contributed by atoms with Crippen molar-refractivity contribution in [3.05, 3.63) is 68.5 Å². The summed E-state index contributed by atoms with van der Waals surface area (Å²) >= 11 is 2.85. The molecule has 0 bridgehead atoms. The first-order valence-electron chi connectivity index (χ1n) is 12.5. The van der Waals surface area contributed by atoms with Crippen LogP contribution >= 0.6 is 22.7 Å². The number of hydrogen-bond acceptors (Lipinski definition) is 8. The summed E-state index contributed by atoms with van der Waals surface area (Å²) in [6, 6.07) is 13.4. The van der Waals surface area contributed by atoms with Crippen molar-refractivity contribution in [3.8, 4) is 0 Å². The summed E-state index contributed by atoms with van der Waals surface area (Å²) in [5.41, 5.74) is 0.826. The third-order valence-electron chi connectivity index (χ3n) is 7.20. The minimum atomic E-state index is -1.45. The van der Waals surface area contributed by atoms with Crippen molar-refractivity contribution < 1.29 is 19.4 Å². The monoisotopic (exact) mass is 538 g/mol. The van der Waals surface area contributed by atoms with Crippen molar-refractivity contribution in [1.82, 2.24) is 19.9 Å². The van der Waals surface area contributed by atoms with Crippen LogP contribution in [-0.4, -0.2) is 63.0 Å². The zero-order valence-corrected chi connectivity index (χ0v) is 22.3. The lowest BCUT2D eigenvalue weighted by Crippen LogP contribution is -2.44. The summed E-state index contributed by atoms with van der Waals surface area (Å²) in [7, 11) is 2.15. The van der Waals surface area contributed by atoms with Gasteiger partial charge in [0.1, 0.15) is 11.8 Å². The van der Waals surface area contributed by atoms with E-state index in [0.29, 0.717) is 21.4 Å². The molecule has 0 amide bonds. The largest absolute Gasteiger partial charge is 0.479 e. The Labute approximate surface area is 223 Å². The number of carboxylic acids is 1. The number of nitrogens with zero attached hydrogens (tertiary/aromatic N) is 4. The van der Waals surface area contributed by atoms with Crippen LogP contribution in [-0.2, 0) is 21.7 Å². The van der Waals surface area contributed by atoms with Gasteiger partial charge in [0.2, 0.25) is 5.60 Å². The van der Waals surface area contributed by atoms with Gasteiger partial charge in [-0.25, -0.2) is 9.48 Å². The molecule has 8 nitrogen and oxygen atoms in total. The maximum absolute atomic E-state index is 12.6. The van der Waals surface area contributed by atoms with E-state index in [1.54, 1.807) is 12.1 Å². The smallest absolute Gasteiger partial charge is 0.347 e. The molecule has 0 saturated heterocycles. The Hall–Kier alpha value is -2.92. The van der Waals surface area contributed by atoms with E-state index in [2.05, 4.69) is 22.3 Å². The van der Waals surface area contributed by atoms with Crippen LogP contribution in [0, 0.1) is 0 Å². The number of carbonyl (C=O) groups excluding carboxylic acids is 1. The Morgan fingerprint density at radius 1 is 1.16 bits per heavy atom. The summed E-state index contributed by atoms with van der Waals surface area (Å²) in [4.78, 5) is 27.5. The minimum Gasteiger partial charge on any atom is -0.479 e. The first-order valence-corrected chi connectivity index (χ1v) is 14.2. The summed E-state index contributed by atoms with van der Waals surface area (Å²) in [5, 5.41) is 22.6. The van der Waals surface area contributed by atoms with Crippen molar-refractivity contribution in [2.24, 2.45) is 0 Å². The molecule has 3 heterocycles. The molecular formula is C27H30N4O4S2. The third kappa shape index (κ3) is 5.24. The summed E-state index contributed by atoms with van der Waals surface area (Å²) in [5.74, 6) is -0.959. The molecule has 0 atom stereocenters. The van der Waals surface area contributed by atoms with E-state index < -0.39 is 11.6 Å². The second kappa shape index (κ2) is 11.2. The van der Waals surface area contributed by atoms with Gasteiger partial charge in [0.25, 0.3) is 0 Å². The molecule has 10 heteroatoms. The van der Waals surface area contributed by atoms with E-state index in [9.17, 15) is 14.7 Å². The molecule has 1 fully saturated rings. The molecule has 0 radical (unpaired) electrons. The molecule has 3 aromatic heterocycles. The van der Waals surface area contributed by atoms with E-state index in [4.69, 9.17) is 4.74 Å². The van der Waals surface area contributed by atoms with Gasteiger partial charge in [-0.1, -0.05) is 17.3 Å². The van der Waals surface area contributed by atoms with Gasteiger partial charge in [0.15, 0.2) is 0 Å². The van der Waals surface area contributed by atoms with E-state index in [0.717, 1.165) is 62.5 Å². The SMILES string of the molecule is CN(CCCn1nnc2cc(C=O)ccc21)C1CCC(OC(C(=O)O)(c2cccs2)c2cccs2)CC1. The first kappa shape index (κ1) is 25.7. The fourth-order valence-corrected chi connectivity index (χ4v) is 7.00. The predicted octanol–water partition coefficient (Wildman–Crippen LogP) is 5.04. The number of carboxylic acid groups (broad SMARTS) is 1. The highest BCUT2D eigenvalue weighted by Gasteiger charge is 2.48. The predicted molar refractivity (Wildman–Crippen MR) is 144 cm³/mol. The molecule has 0 aliphatic heterocycles. The van der Waals surface area contributed by atoms with E-state index in [-0.39, 0.29) is 6.10 Å². The highest BCUT2D eigenvalue weighted by atomic mass is 32.1. The van der Waals surface area contributed by atoms with Crippen LogP contribution in [0.2, 0.25) is 0 Å². The van der Waals surface area contributed by atoms with Gasteiger partial charge in [-0.05, 0) is 86.8 Å². The van der Waals surface area contributed by atoms with Gasteiger partial charge in [-0.2, -0.15) is 0 Å². The number of aldehydes is 1. The van der Waals surface area contributed by atoms with Crippen molar-refractivity contribution in [1.29, 1.82) is 0 Å². The number of benzene rings is 1. The first-order chi connectivity index (χ1) is 18.0. The topological polar surface area (TPSA) is 97.5 Å². The number of rotatable bonds is 11. The van der Waals surface area contributed by atoms with Crippen LogP contribution in [0.3, 0.4) is 0 Å². The fourth-order valence-electron chi connectivity index (χ4n) is 5.19. The van der Waals surface area contributed by atoms with Gasteiger partial charge in [-0.3, -0.25) is 4.79 Å². The summed E-state index contributed by atoms with van der Waals surface area (Å²) in [6.45, 7) is 1.68. The van der Waals surface area contributed by atoms with Crippen molar-refractivity contribution >= 4 is 46.0 Å². The van der Waals surface area contributed by atoms with Gasteiger partial charge in [0.05, 0.1) is 21.4 Å². The van der Waals surface area contributed by atoms with Crippen LogP contribution in [0.25, 0.3) is 11.0 Å². The molecule has 194 valence electrons. The normalized spacial score (nSPS) is 18.4. The molecule has 1 N–H and O–H groups in total. The van der Waals surface area contributed by atoms with Crippen LogP contribution in [0.5, 0.6) is 0 Å². The van der Waals surface area contributed by atoms with E-state index >= 15 is 0 Å². The lowest BCUT2D eigenvalue weighted by atomic mass is 9.90. The summed E-state index contributed by atoms with van der Waals surface area (Å²) in [6.07, 6.45) is 5.22.